The number of carbonyl (C=O) groups is 1. The molecule has 2 heterocycles. The van der Waals surface area contributed by atoms with E-state index in [1.807, 2.05) is 42.5 Å². The molecule has 2 aromatic carbocycles. The molecule has 0 atom stereocenters. The van der Waals surface area contributed by atoms with Crippen LogP contribution in [0.1, 0.15) is 24.0 Å². The molecule has 3 N–H and O–H groups in total. The minimum Gasteiger partial charge on any atom is -0.317 e. The summed E-state index contributed by atoms with van der Waals surface area (Å²) in [5.41, 5.74) is 4.35. The predicted molar refractivity (Wildman–Crippen MR) is 117 cm³/mol. The molecule has 2 amide bonds. The summed E-state index contributed by atoms with van der Waals surface area (Å²) in [5.74, 6) is 0.811. The second-order valence-electron chi connectivity index (χ2n) is 7.57. The van der Waals surface area contributed by atoms with Gasteiger partial charge in [-0.2, -0.15) is 0 Å². The van der Waals surface area contributed by atoms with Gasteiger partial charge in [-0.25, -0.2) is 4.79 Å². The molecule has 0 unspecified atom stereocenters. The number of anilines is 2. The van der Waals surface area contributed by atoms with Crippen LogP contribution in [0.5, 0.6) is 0 Å². The molecule has 1 fully saturated rings. The van der Waals surface area contributed by atoms with Crippen molar-refractivity contribution in [1.82, 2.24) is 10.2 Å². The van der Waals surface area contributed by atoms with Gasteiger partial charge in [0, 0.05) is 31.0 Å². The summed E-state index contributed by atoms with van der Waals surface area (Å²) in [4.78, 5) is 14.9. The number of nitrogens with one attached hydrogen (secondary N) is 3. The van der Waals surface area contributed by atoms with Gasteiger partial charge in [0.25, 0.3) is 0 Å². The Morgan fingerprint density at radius 3 is 2.61 bits per heavy atom. The van der Waals surface area contributed by atoms with Crippen LogP contribution in [0.25, 0.3) is 0 Å². The number of rotatable bonds is 4. The molecule has 0 saturated carbocycles. The number of benzene rings is 2. The van der Waals surface area contributed by atoms with Crippen LogP contribution in [-0.4, -0.2) is 37.1 Å². The van der Waals surface area contributed by atoms with Crippen molar-refractivity contribution in [1.29, 1.82) is 0 Å². The lowest BCUT2D eigenvalue weighted by atomic mass is 9.94. The van der Waals surface area contributed by atoms with Crippen molar-refractivity contribution in [2.75, 3.05) is 36.8 Å². The van der Waals surface area contributed by atoms with Crippen molar-refractivity contribution in [2.24, 2.45) is 5.92 Å². The number of urea groups is 1. The van der Waals surface area contributed by atoms with Crippen LogP contribution in [0.4, 0.5) is 16.2 Å². The molecule has 6 heteroatoms. The van der Waals surface area contributed by atoms with Gasteiger partial charge in [0.05, 0.1) is 0 Å². The van der Waals surface area contributed by atoms with Gasteiger partial charge in [0.15, 0.2) is 0 Å². The Balaban J connectivity index is 0.00000225. The molecule has 0 spiro atoms. The molecule has 0 bridgehead atoms. The largest absolute Gasteiger partial charge is 0.323 e. The molecular weight excluding hydrogens is 372 g/mol. The molecule has 2 aliphatic rings. The van der Waals surface area contributed by atoms with Crippen LogP contribution in [-0.2, 0) is 13.0 Å². The summed E-state index contributed by atoms with van der Waals surface area (Å²) in [6, 6.07) is 15.6. The zero-order valence-corrected chi connectivity index (χ0v) is 16.9. The first-order valence-electron chi connectivity index (χ1n) is 9.95. The summed E-state index contributed by atoms with van der Waals surface area (Å²) >= 11 is 0. The van der Waals surface area contributed by atoms with Gasteiger partial charge in [-0.1, -0.05) is 30.3 Å². The third-order valence-corrected chi connectivity index (χ3v) is 5.60. The maximum atomic E-state index is 12.4. The number of hydrogen-bond acceptors (Lipinski definition) is 3. The molecule has 4 rings (SSSR count). The van der Waals surface area contributed by atoms with Crippen molar-refractivity contribution in [3.8, 4) is 0 Å². The maximum absolute atomic E-state index is 12.4. The number of nitrogens with zero attached hydrogens (tertiary/aromatic N) is 1. The Bertz CT molecular complexity index is 777. The van der Waals surface area contributed by atoms with E-state index in [4.69, 9.17) is 0 Å². The van der Waals surface area contributed by atoms with Gasteiger partial charge in [-0.05, 0) is 67.6 Å². The zero-order chi connectivity index (χ0) is 18.5. The highest BCUT2D eigenvalue weighted by atomic mass is 35.5. The smallest absolute Gasteiger partial charge is 0.317 e. The Kier molecular flexibility index (Phi) is 7.31. The fourth-order valence-electron chi connectivity index (χ4n) is 4.18. The van der Waals surface area contributed by atoms with E-state index in [9.17, 15) is 4.79 Å². The Labute approximate surface area is 173 Å². The number of piperidine rings is 1. The fraction of sp³-hybridized carbons (Fsp3) is 0.409. The molecule has 0 radical (unpaired) electrons. The number of amides is 2. The summed E-state index contributed by atoms with van der Waals surface area (Å²) in [6.45, 7) is 5.54. The molecule has 1 saturated heterocycles. The van der Waals surface area contributed by atoms with Crippen molar-refractivity contribution in [3.63, 3.8) is 0 Å². The molecular formula is C22H29ClN4O. The summed E-state index contributed by atoms with van der Waals surface area (Å²) in [6.07, 6.45) is 3.55. The Morgan fingerprint density at radius 2 is 1.82 bits per heavy atom. The lowest BCUT2D eigenvalue weighted by molar-refractivity contribution is 0.191. The van der Waals surface area contributed by atoms with E-state index in [-0.39, 0.29) is 18.4 Å². The minimum atomic E-state index is -0.188. The lowest BCUT2D eigenvalue weighted by Crippen LogP contribution is -2.38. The van der Waals surface area contributed by atoms with Gasteiger partial charge in [-0.3, -0.25) is 4.90 Å². The standard InChI is InChI=1S/C22H28N4O.ClH/c27-22(24-19-6-2-1-3-7-19)25-21-8-4-5-18-16-26(14-11-20(18)21)15-17-9-12-23-13-10-17;/h1-8,17,23H,9-16H2,(H2,24,25,27);1H. The average Bonchev–Trinajstić information content (AvgIpc) is 2.69. The SMILES string of the molecule is Cl.O=C(Nc1ccccc1)Nc1cccc2c1CCN(CC1CCNCC1)C2. The van der Waals surface area contributed by atoms with Gasteiger partial charge < -0.3 is 16.0 Å². The summed E-state index contributed by atoms with van der Waals surface area (Å²) in [5, 5.41) is 9.38. The summed E-state index contributed by atoms with van der Waals surface area (Å²) in [7, 11) is 0. The minimum absolute atomic E-state index is 0. The average molecular weight is 401 g/mol. The zero-order valence-electron chi connectivity index (χ0n) is 16.1. The number of carbonyl (C=O) groups excluding carboxylic acids is 1. The Morgan fingerprint density at radius 1 is 1.04 bits per heavy atom. The van der Waals surface area contributed by atoms with Crippen molar-refractivity contribution in [3.05, 3.63) is 59.7 Å². The van der Waals surface area contributed by atoms with Crippen LogP contribution in [0, 0.1) is 5.92 Å². The van der Waals surface area contributed by atoms with Crippen molar-refractivity contribution < 1.29 is 4.79 Å². The second-order valence-corrected chi connectivity index (χ2v) is 7.57. The van der Waals surface area contributed by atoms with Gasteiger partial charge in [0.1, 0.15) is 0 Å². The molecule has 0 aromatic heterocycles. The van der Waals surface area contributed by atoms with Crippen LogP contribution in [0.15, 0.2) is 48.5 Å². The fourth-order valence-corrected chi connectivity index (χ4v) is 4.18. The van der Waals surface area contributed by atoms with E-state index in [0.29, 0.717) is 0 Å². The predicted octanol–water partition coefficient (Wildman–Crippen LogP) is 4.11. The quantitative estimate of drug-likeness (QED) is 0.723. The highest BCUT2D eigenvalue weighted by Crippen LogP contribution is 2.27. The van der Waals surface area contributed by atoms with Crippen LogP contribution < -0.4 is 16.0 Å². The summed E-state index contributed by atoms with van der Waals surface area (Å²) < 4.78 is 0. The number of hydrogen-bond donors (Lipinski definition) is 3. The van der Waals surface area contributed by atoms with Crippen molar-refractivity contribution in [2.45, 2.75) is 25.8 Å². The monoisotopic (exact) mass is 400 g/mol. The molecule has 28 heavy (non-hydrogen) atoms. The Hall–Kier alpha value is -2.08. The lowest BCUT2D eigenvalue weighted by Gasteiger charge is -2.34. The van der Waals surface area contributed by atoms with Crippen LogP contribution in [0.3, 0.4) is 0 Å². The third-order valence-electron chi connectivity index (χ3n) is 5.60. The molecule has 5 nitrogen and oxygen atoms in total. The third kappa shape index (κ3) is 5.25. The highest BCUT2D eigenvalue weighted by Gasteiger charge is 2.22. The van der Waals surface area contributed by atoms with Gasteiger partial charge >= 0.3 is 6.03 Å². The normalized spacial score (nSPS) is 17.3. The molecule has 150 valence electrons. The van der Waals surface area contributed by atoms with Gasteiger partial charge in [-0.15, -0.1) is 12.4 Å². The van der Waals surface area contributed by atoms with E-state index in [1.165, 1.54) is 30.5 Å². The van der Waals surface area contributed by atoms with E-state index in [2.05, 4.69) is 26.9 Å². The van der Waals surface area contributed by atoms with E-state index in [1.54, 1.807) is 0 Å². The van der Waals surface area contributed by atoms with Crippen molar-refractivity contribution >= 4 is 29.8 Å². The topological polar surface area (TPSA) is 56.4 Å². The molecule has 2 aromatic rings. The first-order valence-corrected chi connectivity index (χ1v) is 9.95. The highest BCUT2D eigenvalue weighted by molar-refractivity contribution is 6.00. The van der Waals surface area contributed by atoms with E-state index in [0.717, 1.165) is 49.9 Å². The maximum Gasteiger partial charge on any atom is 0.323 e. The van der Waals surface area contributed by atoms with E-state index >= 15 is 0 Å². The first-order chi connectivity index (χ1) is 13.3. The van der Waals surface area contributed by atoms with Gasteiger partial charge in [0.2, 0.25) is 0 Å². The molecule has 0 aliphatic carbocycles. The van der Waals surface area contributed by atoms with Crippen LogP contribution >= 0.6 is 12.4 Å². The number of halogens is 1. The first kappa shape index (κ1) is 20.6. The van der Waals surface area contributed by atoms with Crippen LogP contribution in [0.2, 0.25) is 0 Å². The number of fused-ring (bicyclic) bond motifs is 1. The molecule has 2 aliphatic heterocycles. The number of para-hydroxylation sites is 1. The second kappa shape index (κ2) is 9.92. The van der Waals surface area contributed by atoms with E-state index < -0.39 is 0 Å².